The molecule has 0 bridgehead atoms. The normalized spacial score (nSPS) is 17.1. The van der Waals surface area contributed by atoms with Crippen molar-refractivity contribution in [1.82, 2.24) is 3.82 Å². The summed E-state index contributed by atoms with van der Waals surface area (Å²) in [6, 6.07) is 27.3. The largest absolute Gasteiger partial charge is 0.301 e. The molecule has 0 aromatic heterocycles. The molecule has 1 aliphatic heterocycles. The van der Waals surface area contributed by atoms with E-state index in [0.29, 0.717) is 9.79 Å². The van der Waals surface area contributed by atoms with Crippen molar-refractivity contribution < 1.29 is 18.3 Å². The smallest absolute Gasteiger partial charge is 0.258 e. The lowest BCUT2D eigenvalue weighted by Gasteiger charge is -2.21. The van der Waals surface area contributed by atoms with Crippen molar-refractivity contribution in [2.75, 3.05) is 4.41 Å². The first kappa shape index (κ1) is 24.4. The predicted molar refractivity (Wildman–Crippen MR) is 139 cm³/mol. The molecule has 1 saturated heterocycles. The Labute approximate surface area is 214 Å². The highest BCUT2D eigenvalue weighted by molar-refractivity contribution is 8.42. The molecule has 0 aliphatic carbocycles. The van der Waals surface area contributed by atoms with Gasteiger partial charge in [-0.3, -0.25) is 20.2 Å². The number of benzene rings is 4. The average Bonchev–Trinajstić information content (AvgIpc) is 3.62. The number of anilines is 1. The molecule has 1 fully saturated rings. The molecule has 188 valence electrons. The molecule has 1 aliphatic rings. The molecule has 0 radical (unpaired) electrons. The number of nitrogens with zero attached hydrogens (tertiary/aromatic N) is 4. The van der Waals surface area contributed by atoms with Gasteiger partial charge in [0.15, 0.2) is 0 Å². The summed E-state index contributed by atoms with van der Waals surface area (Å²) in [5.74, 6) is 0. The fraction of sp³-hybridized carbons (Fsp3) is 0.0400. The van der Waals surface area contributed by atoms with Crippen LogP contribution in [0.25, 0.3) is 0 Å². The van der Waals surface area contributed by atoms with Crippen LogP contribution in [0.1, 0.15) is 5.56 Å². The minimum atomic E-state index is -4.21. The van der Waals surface area contributed by atoms with E-state index in [2.05, 4.69) is 0 Å². The summed E-state index contributed by atoms with van der Waals surface area (Å²) in [6.07, 6.45) is 0. The molecular weight excluding hydrogens is 516 g/mol. The molecule has 10 nitrogen and oxygen atoms in total. The van der Waals surface area contributed by atoms with Crippen LogP contribution in [0, 0.1) is 27.2 Å². The van der Waals surface area contributed by atoms with E-state index in [-0.39, 0.29) is 10.6 Å². The minimum absolute atomic E-state index is 0.0221. The van der Waals surface area contributed by atoms with E-state index in [0.717, 1.165) is 17.7 Å². The third kappa shape index (κ3) is 3.91. The Morgan fingerprint density at radius 2 is 1.27 bits per heavy atom. The van der Waals surface area contributed by atoms with Gasteiger partial charge in [-0.05, 0) is 63.6 Å². The Kier molecular flexibility index (Phi) is 5.94. The summed E-state index contributed by atoms with van der Waals surface area (Å²) < 4.78 is 30.9. The van der Waals surface area contributed by atoms with Gasteiger partial charge in [-0.1, -0.05) is 54.1 Å². The first-order valence-electron chi connectivity index (χ1n) is 11.0. The highest BCUT2D eigenvalue weighted by atomic mass is 32.3. The van der Waals surface area contributed by atoms with Gasteiger partial charge in [0.25, 0.3) is 15.7 Å². The average molecular weight is 537 g/mol. The van der Waals surface area contributed by atoms with Crippen LogP contribution >= 0.6 is 10.4 Å². The lowest BCUT2D eigenvalue weighted by Crippen LogP contribution is -2.17. The van der Waals surface area contributed by atoms with Crippen molar-refractivity contribution in [2.45, 2.75) is 21.6 Å². The van der Waals surface area contributed by atoms with E-state index in [9.17, 15) is 28.6 Å². The van der Waals surface area contributed by atoms with Gasteiger partial charge in [0, 0.05) is 15.9 Å². The summed E-state index contributed by atoms with van der Waals surface area (Å²) >= 11 is 0. The van der Waals surface area contributed by atoms with Gasteiger partial charge in [0.1, 0.15) is 5.69 Å². The van der Waals surface area contributed by atoms with Crippen molar-refractivity contribution in [1.29, 1.82) is 0 Å². The Balaban J connectivity index is 1.83. The molecule has 37 heavy (non-hydrogen) atoms. The van der Waals surface area contributed by atoms with E-state index >= 15 is 0 Å². The van der Waals surface area contributed by atoms with Crippen molar-refractivity contribution >= 4 is 37.5 Å². The maximum absolute atomic E-state index is 14.1. The minimum Gasteiger partial charge on any atom is -0.258 e. The Hall–Kier alpha value is -4.26. The van der Waals surface area contributed by atoms with Gasteiger partial charge < -0.3 is 0 Å². The zero-order valence-electron chi connectivity index (χ0n) is 19.4. The highest BCUT2D eigenvalue weighted by Crippen LogP contribution is 2.83. The summed E-state index contributed by atoms with van der Waals surface area (Å²) in [7, 11) is -6.94. The summed E-state index contributed by atoms with van der Waals surface area (Å²) in [4.78, 5) is 23.2. The molecule has 0 amide bonds. The SMILES string of the molecule is Cc1ccc(S(=O)(=O)N2N(c3ccc([N+](=O)[O-])cc3[N+](=O)[O-])S2(c2ccccc2)c2ccccc2)cc1. The molecule has 1 atom stereocenters. The number of nitro benzene ring substituents is 2. The lowest BCUT2D eigenvalue weighted by atomic mass is 10.2. The van der Waals surface area contributed by atoms with Gasteiger partial charge >= 0.3 is 5.69 Å². The first-order chi connectivity index (χ1) is 17.7. The number of non-ortho nitro benzene ring substituents is 1. The maximum Gasteiger partial charge on any atom is 0.301 e. The molecule has 0 N–H and O–H groups in total. The van der Waals surface area contributed by atoms with E-state index in [1.54, 1.807) is 72.8 Å². The first-order valence-corrected chi connectivity index (χ1v) is 14.0. The van der Waals surface area contributed by atoms with Crippen molar-refractivity contribution in [3.8, 4) is 0 Å². The second-order valence-corrected chi connectivity index (χ2v) is 12.9. The number of hydrogen-bond donors (Lipinski definition) is 0. The summed E-state index contributed by atoms with van der Waals surface area (Å²) in [5.41, 5.74) is -0.226. The molecule has 0 saturated carbocycles. The van der Waals surface area contributed by atoms with E-state index < -0.39 is 41.6 Å². The molecular formula is C25H20N4O6S2. The Bertz CT molecular complexity index is 1580. The zero-order chi connectivity index (χ0) is 26.4. The van der Waals surface area contributed by atoms with Crippen molar-refractivity contribution in [3.63, 3.8) is 0 Å². The molecule has 5 rings (SSSR count). The van der Waals surface area contributed by atoms with Crippen LogP contribution in [0.15, 0.2) is 118 Å². The number of rotatable bonds is 7. The third-order valence-corrected chi connectivity index (χ3v) is 11.8. The third-order valence-electron chi connectivity index (χ3n) is 5.84. The lowest BCUT2D eigenvalue weighted by molar-refractivity contribution is -0.393. The van der Waals surface area contributed by atoms with Crippen LogP contribution in [0.5, 0.6) is 0 Å². The summed E-state index contributed by atoms with van der Waals surface area (Å²) in [5, 5.41) is 23.4. The number of nitro groups is 2. The predicted octanol–water partition coefficient (Wildman–Crippen LogP) is 5.99. The van der Waals surface area contributed by atoms with Gasteiger partial charge in [-0.25, -0.2) is 12.8 Å². The second kappa shape index (κ2) is 9.00. The molecule has 12 heteroatoms. The van der Waals surface area contributed by atoms with E-state index in [4.69, 9.17) is 0 Å². The van der Waals surface area contributed by atoms with Crippen LogP contribution in [-0.4, -0.2) is 22.1 Å². The maximum atomic E-state index is 14.1. The van der Waals surface area contributed by atoms with Crippen LogP contribution < -0.4 is 4.41 Å². The van der Waals surface area contributed by atoms with Gasteiger partial charge in [-0.15, -0.1) is 0 Å². The second-order valence-electron chi connectivity index (χ2n) is 8.16. The van der Waals surface area contributed by atoms with Crippen LogP contribution in [0.4, 0.5) is 17.1 Å². The number of hydrogen-bond acceptors (Lipinski definition) is 7. The van der Waals surface area contributed by atoms with Crippen molar-refractivity contribution in [2.24, 2.45) is 0 Å². The zero-order valence-corrected chi connectivity index (χ0v) is 21.0. The fourth-order valence-electron chi connectivity index (χ4n) is 4.10. The van der Waals surface area contributed by atoms with E-state index in [1.807, 2.05) is 6.92 Å². The molecule has 1 unspecified atom stereocenters. The Morgan fingerprint density at radius 1 is 0.730 bits per heavy atom. The van der Waals surface area contributed by atoms with Crippen LogP contribution in [0.2, 0.25) is 0 Å². The van der Waals surface area contributed by atoms with Crippen molar-refractivity contribution in [3.05, 3.63) is 129 Å². The Morgan fingerprint density at radius 3 is 1.76 bits per heavy atom. The van der Waals surface area contributed by atoms with Gasteiger partial charge in [-0.2, -0.15) is 0 Å². The molecule has 4 aromatic rings. The molecule has 4 aromatic carbocycles. The van der Waals surface area contributed by atoms with E-state index in [1.165, 1.54) is 26.4 Å². The molecule has 1 heterocycles. The van der Waals surface area contributed by atoms with Crippen LogP contribution in [-0.2, 0) is 10.0 Å². The topological polar surface area (TPSA) is 126 Å². The quantitative estimate of drug-likeness (QED) is 0.161. The number of hydrazine groups is 1. The van der Waals surface area contributed by atoms with Crippen LogP contribution in [0.3, 0.4) is 0 Å². The standard InChI is InChI=1S/C25H20N4O6S2/c1-19-12-15-23(16-13-19)37(34,35)29-26(24-17-14-20(27(30)31)18-25(24)28(32)33)36(29,21-8-4-2-5-9-21)22-10-6-3-7-11-22/h2-18H,1H3. The highest BCUT2D eigenvalue weighted by Gasteiger charge is 2.67. The fourth-order valence-corrected chi connectivity index (χ4v) is 10.8. The monoisotopic (exact) mass is 536 g/mol. The number of aryl methyl sites for hydroxylation is 1. The number of sulfonamides is 1. The van der Waals surface area contributed by atoms with Gasteiger partial charge in [0.2, 0.25) is 0 Å². The summed E-state index contributed by atoms with van der Waals surface area (Å²) in [6.45, 7) is 1.84. The van der Waals surface area contributed by atoms with Gasteiger partial charge in [0.05, 0.1) is 20.8 Å². The molecule has 0 spiro atoms.